The van der Waals surface area contributed by atoms with E-state index in [4.69, 9.17) is 9.47 Å². The lowest BCUT2D eigenvalue weighted by Crippen LogP contribution is -2.50. The van der Waals surface area contributed by atoms with E-state index in [9.17, 15) is 45.1 Å². The van der Waals surface area contributed by atoms with Gasteiger partial charge in [-0.2, -0.15) is 26.3 Å². The summed E-state index contributed by atoms with van der Waals surface area (Å²) in [5.74, 6) is -2.13. The number of likely N-dealkylation sites (N-methyl/N-ethyl adjacent to an activating group) is 1. The highest BCUT2D eigenvalue weighted by molar-refractivity contribution is 5.95. The van der Waals surface area contributed by atoms with Crippen molar-refractivity contribution in [3.05, 3.63) is 106 Å². The van der Waals surface area contributed by atoms with Crippen LogP contribution in [-0.4, -0.2) is 98.8 Å². The van der Waals surface area contributed by atoms with Crippen molar-refractivity contribution in [1.82, 2.24) is 14.7 Å². The Hall–Kier alpha value is -4.54. The first kappa shape index (κ1) is 42.1. The number of ether oxygens (including phenoxy) is 3. The van der Waals surface area contributed by atoms with E-state index in [1.54, 1.807) is 7.05 Å². The lowest BCUT2D eigenvalue weighted by Gasteiger charge is -2.44. The molecule has 57 heavy (non-hydrogen) atoms. The molecule has 3 aromatic rings. The van der Waals surface area contributed by atoms with E-state index in [1.165, 1.54) is 41.8 Å². The van der Waals surface area contributed by atoms with Gasteiger partial charge in [0.25, 0.3) is 5.91 Å². The summed E-state index contributed by atoms with van der Waals surface area (Å²) in [7, 11) is 2.98. The molecule has 308 valence electrons. The van der Waals surface area contributed by atoms with E-state index in [1.807, 2.05) is 12.1 Å². The van der Waals surface area contributed by atoms with Crippen LogP contribution in [0.2, 0.25) is 0 Å². The van der Waals surface area contributed by atoms with Crippen LogP contribution < -0.4 is 0 Å². The van der Waals surface area contributed by atoms with Gasteiger partial charge in [0.05, 0.1) is 30.9 Å². The number of rotatable bonds is 12. The minimum Gasteiger partial charge on any atom is -0.469 e. The molecule has 0 bridgehead atoms. The summed E-state index contributed by atoms with van der Waals surface area (Å²) in [5, 5.41) is 0. The summed E-state index contributed by atoms with van der Waals surface area (Å²) >= 11 is 0. The molecule has 1 aliphatic carbocycles. The van der Waals surface area contributed by atoms with Crippen LogP contribution in [0.4, 0.5) is 30.7 Å². The Kier molecular flexibility index (Phi) is 12.4. The second-order valence-electron chi connectivity index (χ2n) is 15.0. The summed E-state index contributed by atoms with van der Waals surface area (Å²) < 4.78 is 113. The van der Waals surface area contributed by atoms with Crippen molar-refractivity contribution >= 4 is 17.8 Å². The molecule has 16 heteroatoms. The average Bonchev–Trinajstić information content (AvgIpc) is 3.75. The lowest BCUT2D eigenvalue weighted by atomic mass is 9.72. The number of nitrogens with zero attached hydrogens (tertiary/aromatic N) is 3. The van der Waals surface area contributed by atoms with Gasteiger partial charge in [-0.05, 0) is 92.2 Å². The van der Waals surface area contributed by atoms with Crippen LogP contribution >= 0.6 is 0 Å². The number of fused-ring (bicyclic) bond motifs is 2. The fraction of sp³-hybridized carbons (Fsp3) is 0.488. The second kappa shape index (κ2) is 16.7. The first-order valence-electron chi connectivity index (χ1n) is 18.7. The standard InChI is InChI=1S/C41H44F7N3O6/c1-49(16-5-8-36(53)55-2)35(52)24-56-34-22-27-6-3-4-7-33(27)38(34)13-17-50(18-14-38)19-15-39(29-9-11-32(42)12-10-29)25-51(26-57-39)37(54)28-20-30(40(43,44)45)23-31(21-28)41(46,47)48/h3-4,6-7,9-12,20-21,23,34H,5,8,13-19,22,24-26H2,1-2H3/t34-,39+/m0/s1. The van der Waals surface area contributed by atoms with Crippen molar-refractivity contribution < 1.29 is 59.3 Å². The summed E-state index contributed by atoms with van der Waals surface area (Å²) in [5.41, 5.74) is -2.75. The lowest BCUT2D eigenvalue weighted by molar-refractivity contribution is -0.143. The van der Waals surface area contributed by atoms with E-state index in [2.05, 4.69) is 21.8 Å². The molecule has 2 atom stereocenters. The second-order valence-corrected chi connectivity index (χ2v) is 15.0. The number of esters is 1. The predicted molar refractivity (Wildman–Crippen MR) is 192 cm³/mol. The Morgan fingerprint density at radius 3 is 2.21 bits per heavy atom. The molecule has 6 rings (SSSR count). The number of methoxy groups -OCH3 is 1. The smallest absolute Gasteiger partial charge is 0.416 e. The Bertz CT molecular complexity index is 1900. The molecule has 0 aromatic heterocycles. The first-order chi connectivity index (χ1) is 26.9. The highest BCUT2D eigenvalue weighted by Gasteiger charge is 2.50. The SMILES string of the molecule is COC(=O)CCCN(C)C(=O)CO[C@H]1Cc2ccccc2C12CCN(CC[C@]1(c3ccc(F)cc3)CN(C(=O)c3cc(C(F)(F)F)cc(C(F)(F)F)c3)CO1)CC2. The van der Waals surface area contributed by atoms with Gasteiger partial charge < -0.3 is 28.9 Å². The van der Waals surface area contributed by atoms with Gasteiger partial charge in [0, 0.05) is 37.5 Å². The zero-order chi connectivity index (χ0) is 41.2. The molecule has 0 unspecified atom stereocenters. The van der Waals surface area contributed by atoms with Crippen molar-refractivity contribution in [1.29, 1.82) is 0 Å². The molecule has 0 radical (unpaired) electrons. The zero-order valence-electron chi connectivity index (χ0n) is 31.6. The molecule has 9 nitrogen and oxygen atoms in total. The zero-order valence-corrected chi connectivity index (χ0v) is 31.6. The molecule has 2 amide bonds. The fourth-order valence-corrected chi connectivity index (χ4v) is 8.26. The monoisotopic (exact) mass is 807 g/mol. The topological polar surface area (TPSA) is 88.6 Å². The maximum atomic E-state index is 14.0. The van der Waals surface area contributed by atoms with Crippen LogP contribution in [0.1, 0.15) is 70.3 Å². The third kappa shape index (κ3) is 9.28. The van der Waals surface area contributed by atoms with E-state index in [0.29, 0.717) is 69.6 Å². The first-order valence-corrected chi connectivity index (χ1v) is 18.7. The number of carbonyl (C=O) groups excluding carboxylic acids is 3. The van der Waals surface area contributed by atoms with Crippen LogP contribution in [0.15, 0.2) is 66.7 Å². The van der Waals surface area contributed by atoms with Crippen LogP contribution in [0, 0.1) is 5.82 Å². The number of amides is 2. The average molecular weight is 808 g/mol. The molecular weight excluding hydrogens is 763 g/mol. The number of alkyl halides is 6. The molecule has 2 saturated heterocycles. The Labute approximate surface area is 325 Å². The number of halogens is 7. The van der Waals surface area contributed by atoms with Gasteiger partial charge in [0.1, 0.15) is 24.8 Å². The van der Waals surface area contributed by atoms with Gasteiger partial charge in [-0.25, -0.2) is 4.39 Å². The summed E-state index contributed by atoms with van der Waals surface area (Å²) in [6, 6.07) is 14.3. The van der Waals surface area contributed by atoms with Crippen LogP contribution in [0.5, 0.6) is 0 Å². The van der Waals surface area contributed by atoms with Crippen molar-refractivity contribution in [2.75, 3.05) is 60.2 Å². The van der Waals surface area contributed by atoms with Crippen LogP contribution in [0.25, 0.3) is 0 Å². The van der Waals surface area contributed by atoms with Crippen LogP contribution in [0.3, 0.4) is 0 Å². The molecule has 2 fully saturated rings. The molecule has 2 heterocycles. The van der Waals surface area contributed by atoms with Gasteiger partial charge in [-0.15, -0.1) is 0 Å². The fourth-order valence-electron chi connectivity index (χ4n) is 8.26. The maximum absolute atomic E-state index is 14.0. The van der Waals surface area contributed by atoms with Gasteiger partial charge >= 0.3 is 18.3 Å². The third-order valence-corrected chi connectivity index (χ3v) is 11.5. The summed E-state index contributed by atoms with van der Waals surface area (Å²) in [6.45, 7) is 1.35. The van der Waals surface area contributed by atoms with Crippen molar-refractivity contribution in [3.63, 3.8) is 0 Å². The highest BCUT2D eigenvalue weighted by atomic mass is 19.4. The van der Waals surface area contributed by atoms with Gasteiger partial charge in [0.15, 0.2) is 0 Å². The van der Waals surface area contributed by atoms with E-state index < -0.39 is 53.1 Å². The molecule has 0 N–H and O–H groups in total. The van der Waals surface area contributed by atoms with Gasteiger partial charge in [-0.1, -0.05) is 36.4 Å². The Morgan fingerprint density at radius 1 is 0.930 bits per heavy atom. The highest BCUT2D eigenvalue weighted by Crippen LogP contribution is 2.48. The normalized spacial score (nSPS) is 20.8. The molecular formula is C41H44F7N3O6. The number of hydrogen-bond acceptors (Lipinski definition) is 7. The van der Waals surface area contributed by atoms with Crippen molar-refractivity contribution in [2.24, 2.45) is 0 Å². The third-order valence-electron chi connectivity index (χ3n) is 11.5. The number of likely N-dealkylation sites (tertiary alicyclic amines) is 1. The van der Waals surface area contributed by atoms with E-state index >= 15 is 0 Å². The van der Waals surface area contributed by atoms with E-state index in [0.717, 1.165) is 10.5 Å². The minimum absolute atomic E-state index is 0.0304. The molecule has 3 aromatic carbocycles. The van der Waals surface area contributed by atoms with Crippen LogP contribution in [-0.2, 0) is 53.6 Å². The van der Waals surface area contributed by atoms with E-state index in [-0.39, 0.29) is 55.5 Å². The Morgan fingerprint density at radius 2 is 1.58 bits per heavy atom. The summed E-state index contributed by atoms with van der Waals surface area (Å²) in [4.78, 5) is 42.9. The number of piperidine rings is 1. The largest absolute Gasteiger partial charge is 0.469 e. The number of carbonyl (C=O) groups is 3. The summed E-state index contributed by atoms with van der Waals surface area (Å²) in [6.07, 6.45) is -7.55. The predicted octanol–water partition coefficient (Wildman–Crippen LogP) is 6.97. The van der Waals surface area contributed by atoms with Gasteiger partial charge in [0.2, 0.25) is 5.91 Å². The Balaban J connectivity index is 1.14. The number of hydrogen-bond donors (Lipinski definition) is 0. The van der Waals surface area contributed by atoms with Crippen molar-refractivity contribution in [2.45, 2.75) is 68.0 Å². The molecule has 2 aliphatic heterocycles. The van der Waals surface area contributed by atoms with Crippen molar-refractivity contribution in [3.8, 4) is 0 Å². The maximum Gasteiger partial charge on any atom is 0.416 e. The number of benzene rings is 3. The quantitative estimate of drug-likeness (QED) is 0.145. The molecule has 0 saturated carbocycles. The van der Waals surface area contributed by atoms with Gasteiger partial charge in [-0.3, -0.25) is 14.4 Å². The molecule has 1 spiro atoms. The minimum atomic E-state index is -5.13. The molecule has 3 aliphatic rings.